The molecule has 3 nitrogen and oxygen atoms in total. The first-order chi connectivity index (χ1) is 9.65. The van der Waals surface area contributed by atoms with E-state index in [1.165, 1.54) is 6.07 Å². The predicted octanol–water partition coefficient (Wildman–Crippen LogP) is 3.00. The van der Waals surface area contributed by atoms with E-state index in [9.17, 15) is 9.18 Å². The SMILES string of the molecule is O=C(O)CCN1CCCC(SCc2ccccc2F)C1. The smallest absolute Gasteiger partial charge is 0.304 e. The minimum absolute atomic E-state index is 0.140. The number of carboxylic acids is 1. The second kappa shape index (κ2) is 7.64. The third-order valence-electron chi connectivity index (χ3n) is 3.54. The maximum absolute atomic E-state index is 13.5. The van der Waals surface area contributed by atoms with Crippen LogP contribution in [0, 0.1) is 5.82 Å². The molecule has 20 heavy (non-hydrogen) atoms. The first-order valence-electron chi connectivity index (χ1n) is 6.94. The second-order valence-corrected chi connectivity index (χ2v) is 6.40. The molecule has 2 rings (SSSR count). The van der Waals surface area contributed by atoms with E-state index in [1.807, 2.05) is 12.1 Å². The van der Waals surface area contributed by atoms with Crippen LogP contribution in [0.5, 0.6) is 0 Å². The Bertz CT molecular complexity index is 455. The van der Waals surface area contributed by atoms with E-state index in [-0.39, 0.29) is 12.2 Å². The van der Waals surface area contributed by atoms with E-state index in [0.717, 1.165) is 31.5 Å². The summed E-state index contributed by atoms with van der Waals surface area (Å²) in [5.41, 5.74) is 0.750. The zero-order chi connectivity index (χ0) is 14.4. The van der Waals surface area contributed by atoms with E-state index < -0.39 is 5.97 Å². The fraction of sp³-hybridized carbons (Fsp3) is 0.533. The predicted molar refractivity (Wildman–Crippen MR) is 79.4 cm³/mol. The van der Waals surface area contributed by atoms with E-state index >= 15 is 0 Å². The molecule has 0 spiro atoms. The summed E-state index contributed by atoms with van der Waals surface area (Å²) >= 11 is 1.77. The van der Waals surface area contributed by atoms with Gasteiger partial charge in [-0.25, -0.2) is 4.39 Å². The Balaban J connectivity index is 1.78. The van der Waals surface area contributed by atoms with Crippen LogP contribution in [0.1, 0.15) is 24.8 Å². The molecule has 1 aliphatic heterocycles. The van der Waals surface area contributed by atoms with Gasteiger partial charge in [0.25, 0.3) is 0 Å². The van der Waals surface area contributed by atoms with Crippen molar-refractivity contribution in [1.82, 2.24) is 4.90 Å². The van der Waals surface area contributed by atoms with Gasteiger partial charge in [0.1, 0.15) is 5.82 Å². The van der Waals surface area contributed by atoms with Crippen LogP contribution in [0.25, 0.3) is 0 Å². The summed E-state index contributed by atoms with van der Waals surface area (Å²) in [4.78, 5) is 12.8. The lowest BCUT2D eigenvalue weighted by Crippen LogP contribution is -2.38. The molecule has 1 saturated heterocycles. The molecular formula is C15H20FNO2S. The summed E-state index contributed by atoms with van der Waals surface area (Å²) in [5.74, 6) is -0.200. The van der Waals surface area contributed by atoms with Gasteiger partial charge in [-0.3, -0.25) is 4.79 Å². The van der Waals surface area contributed by atoms with Gasteiger partial charge in [-0.2, -0.15) is 11.8 Å². The Morgan fingerprint density at radius 3 is 3.00 bits per heavy atom. The van der Waals surface area contributed by atoms with Gasteiger partial charge >= 0.3 is 5.97 Å². The van der Waals surface area contributed by atoms with Gasteiger partial charge in [-0.15, -0.1) is 0 Å². The number of nitrogens with zero attached hydrogens (tertiary/aromatic N) is 1. The van der Waals surface area contributed by atoms with Gasteiger partial charge in [0.05, 0.1) is 6.42 Å². The number of halogens is 1. The summed E-state index contributed by atoms with van der Waals surface area (Å²) in [6, 6.07) is 6.89. The summed E-state index contributed by atoms with van der Waals surface area (Å²) in [6.45, 7) is 2.50. The molecule has 0 bridgehead atoms. The van der Waals surface area contributed by atoms with Crippen molar-refractivity contribution in [3.8, 4) is 0 Å². The van der Waals surface area contributed by atoms with Crippen molar-refractivity contribution < 1.29 is 14.3 Å². The highest BCUT2D eigenvalue weighted by Gasteiger charge is 2.20. The first kappa shape index (κ1) is 15.3. The fourth-order valence-electron chi connectivity index (χ4n) is 2.43. The standard InChI is InChI=1S/C15H20FNO2S/c16-14-6-2-1-4-12(14)11-20-13-5-3-8-17(10-13)9-7-15(18)19/h1-2,4,6,13H,3,5,7-11H2,(H,18,19). The van der Waals surface area contributed by atoms with Crippen molar-refractivity contribution in [3.63, 3.8) is 0 Å². The summed E-state index contributed by atoms with van der Waals surface area (Å²) in [5, 5.41) is 9.19. The molecular weight excluding hydrogens is 277 g/mol. The Morgan fingerprint density at radius 2 is 2.25 bits per heavy atom. The number of benzene rings is 1. The van der Waals surface area contributed by atoms with Crippen LogP contribution in [0.15, 0.2) is 24.3 Å². The second-order valence-electron chi connectivity index (χ2n) is 5.11. The van der Waals surface area contributed by atoms with Crippen molar-refractivity contribution in [1.29, 1.82) is 0 Å². The number of carbonyl (C=O) groups is 1. The molecule has 0 saturated carbocycles. The molecule has 1 heterocycles. The number of piperidine rings is 1. The first-order valence-corrected chi connectivity index (χ1v) is 7.99. The van der Waals surface area contributed by atoms with Crippen molar-refractivity contribution in [2.45, 2.75) is 30.3 Å². The third-order valence-corrected chi connectivity index (χ3v) is 4.87. The van der Waals surface area contributed by atoms with Gasteiger partial charge in [0, 0.05) is 24.1 Å². The van der Waals surface area contributed by atoms with E-state index in [1.54, 1.807) is 17.8 Å². The lowest BCUT2D eigenvalue weighted by atomic mass is 10.1. The molecule has 0 amide bonds. The largest absolute Gasteiger partial charge is 0.481 e. The maximum Gasteiger partial charge on any atom is 0.304 e. The molecule has 1 N–H and O–H groups in total. The third kappa shape index (κ3) is 4.80. The van der Waals surface area contributed by atoms with Crippen LogP contribution in [0.3, 0.4) is 0 Å². The Hall–Kier alpha value is -1.07. The Morgan fingerprint density at radius 1 is 1.45 bits per heavy atom. The minimum atomic E-state index is -0.744. The lowest BCUT2D eigenvalue weighted by Gasteiger charge is -2.32. The molecule has 110 valence electrons. The lowest BCUT2D eigenvalue weighted by molar-refractivity contribution is -0.137. The van der Waals surface area contributed by atoms with Crippen LogP contribution in [0.4, 0.5) is 4.39 Å². The average molecular weight is 297 g/mol. The minimum Gasteiger partial charge on any atom is -0.481 e. The summed E-state index contributed by atoms with van der Waals surface area (Å²) < 4.78 is 13.5. The molecule has 0 aliphatic carbocycles. The molecule has 0 radical (unpaired) electrons. The highest BCUT2D eigenvalue weighted by atomic mass is 32.2. The van der Waals surface area contributed by atoms with Gasteiger partial charge in [-0.1, -0.05) is 18.2 Å². The fourth-order valence-corrected chi connectivity index (χ4v) is 3.73. The zero-order valence-corrected chi connectivity index (χ0v) is 12.2. The number of carboxylic acid groups (broad SMARTS) is 1. The molecule has 1 aromatic carbocycles. The van der Waals surface area contributed by atoms with Crippen LogP contribution in [-0.2, 0) is 10.5 Å². The van der Waals surface area contributed by atoms with Crippen LogP contribution in [0.2, 0.25) is 0 Å². The van der Waals surface area contributed by atoms with Gasteiger partial charge in [0.15, 0.2) is 0 Å². The van der Waals surface area contributed by atoms with E-state index in [4.69, 9.17) is 5.11 Å². The van der Waals surface area contributed by atoms with Gasteiger partial charge < -0.3 is 10.0 Å². The highest BCUT2D eigenvalue weighted by Crippen LogP contribution is 2.26. The highest BCUT2D eigenvalue weighted by molar-refractivity contribution is 7.99. The van der Waals surface area contributed by atoms with Crippen molar-refractivity contribution in [3.05, 3.63) is 35.6 Å². The average Bonchev–Trinajstić information content (AvgIpc) is 2.45. The molecule has 1 aliphatic rings. The van der Waals surface area contributed by atoms with Crippen molar-refractivity contribution in [2.75, 3.05) is 19.6 Å². The molecule has 0 aromatic heterocycles. The molecule has 1 fully saturated rings. The summed E-state index contributed by atoms with van der Waals surface area (Å²) in [7, 11) is 0. The van der Waals surface area contributed by atoms with Crippen LogP contribution < -0.4 is 0 Å². The molecule has 1 atom stereocenters. The number of hydrogen-bond donors (Lipinski definition) is 1. The number of thioether (sulfide) groups is 1. The molecule has 1 aromatic rings. The van der Waals surface area contributed by atoms with E-state index in [2.05, 4.69) is 4.90 Å². The van der Waals surface area contributed by atoms with Gasteiger partial charge in [0.2, 0.25) is 0 Å². The van der Waals surface area contributed by atoms with Crippen LogP contribution in [-0.4, -0.2) is 40.9 Å². The van der Waals surface area contributed by atoms with Crippen molar-refractivity contribution in [2.24, 2.45) is 0 Å². The number of likely N-dealkylation sites (tertiary alicyclic amines) is 1. The quantitative estimate of drug-likeness (QED) is 0.876. The van der Waals surface area contributed by atoms with E-state index in [0.29, 0.717) is 17.5 Å². The summed E-state index contributed by atoms with van der Waals surface area (Å²) in [6.07, 6.45) is 2.42. The topological polar surface area (TPSA) is 40.5 Å². The van der Waals surface area contributed by atoms with Crippen LogP contribution >= 0.6 is 11.8 Å². The Labute approximate surface area is 123 Å². The maximum atomic E-state index is 13.5. The molecule has 1 unspecified atom stereocenters. The van der Waals surface area contributed by atoms with Crippen molar-refractivity contribution >= 4 is 17.7 Å². The van der Waals surface area contributed by atoms with Gasteiger partial charge in [-0.05, 0) is 31.0 Å². The number of rotatable bonds is 6. The molecule has 5 heteroatoms. The monoisotopic (exact) mass is 297 g/mol. The zero-order valence-electron chi connectivity index (χ0n) is 11.4. The normalized spacial score (nSPS) is 19.9. The number of hydrogen-bond acceptors (Lipinski definition) is 3. The Kier molecular flexibility index (Phi) is 5.86. The number of aliphatic carboxylic acids is 1.